The van der Waals surface area contributed by atoms with Crippen LogP contribution in [-0.2, 0) is 0 Å². The second-order valence-corrected chi connectivity index (χ2v) is 2.64. The molecule has 0 fully saturated rings. The van der Waals surface area contributed by atoms with E-state index in [1.165, 1.54) is 0 Å². The number of rotatable bonds is 1. The van der Waals surface area contributed by atoms with Crippen molar-refractivity contribution in [2.75, 3.05) is 0 Å². The quantitative estimate of drug-likeness (QED) is 0.625. The minimum atomic E-state index is 0.940. The number of aromatic nitrogens is 2. The second-order valence-electron chi connectivity index (χ2n) is 1.75. The lowest BCUT2D eigenvalue weighted by Gasteiger charge is -1.80. The van der Waals surface area contributed by atoms with Crippen molar-refractivity contribution >= 4 is 11.3 Å². The van der Waals surface area contributed by atoms with Gasteiger partial charge in [-0.25, -0.2) is 4.98 Å². The molecule has 0 radical (unpaired) electrons. The van der Waals surface area contributed by atoms with Gasteiger partial charge < -0.3 is 4.52 Å². The standard InChI is InChI=1S/C6H4N2OS/c1-2-10-6(7-1)5-3-8-9-4-5/h1-4H. The van der Waals surface area contributed by atoms with E-state index in [9.17, 15) is 0 Å². The van der Waals surface area contributed by atoms with Crippen molar-refractivity contribution in [3.8, 4) is 10.6 Å². The van der Waals surface area contributed by atoms with Crippen LogP contribution in [-0.4, -0.2) is 10.1 Å². The molecule has 0 amide bonds. The van der Waals surface area contributed by atoms with Crippen LogP contribution in [0, 0.1) is 0 Å². The molecular formula is C6H4N2OS. The summed E-state index contributed by atoms with van der Waals surface area (Å²) < 4.78 is 4.65. The van der Waals surface area contributed by atoms with Crippen molar-refractivity contribution in [1.29, 1.82) is 0 Å². The summed E-state index contributed by atoms with van der Waals surface area (Å²) in [5.74, 6) is 0. The molecule has 0 saturated heterocycles. The first-order chi connectivity index (χ1) is 4.97. The molecule has 4 heteroatoms. The van der Waals surface area contributed by atoms with Gasteiger partial charge in [0, 0.05) is 11.6 Å². The highest BCUT2D eigenvalue weighted by atomic mass is 32.1. The Morgan fingerprint density at radius 3 is 3.10 bits per heavy atom. The van der Waals surface area contributed by atoms with Gasteiger partial charge in [-0.3, -0.25) is 0 Å². The Bertz CT molecular complexity index is 255. The molecule has 0 N–H and O–H groups in total. The summed E-state index contributed by atoms with van der Waals surface area (Å²) in [5, 5.41) is 6.43. The fraction of sp³-hybridized carbons (Fsp3) is 0. The van der Waals surface area contributed by atoms with E-state index >= 15 is 0 Å². The number of hydrogen-bond donors (Lipinski definition) is 0. The average Bonchev–Trinajstić information content (AvgIpc) is 2.59. The van der Waals surface area contributed by atoms with E-state index in [-0.39, 0.29) is 0 Å². The van der Waals surface area contributed by atoms with Gasteiger partial charge in [-0.15, -0.1) is 11.3 Å². The molecule has 0 spiro atoms. The number of nitrogens with zero attached hydrogens (tertiary/aromatic N) is 2. The van der Waals surface area contributed by atoms with Gasteiger partial charge in [-0.1, -0.05) is 5.16 Å². The number of thiazole rings is 1. The summed E-state index contributed by atoms with van der Waals surface area (Å²) in [7, 11) is 0. The summed E-state index contributed by atoms with van der Waals surface area (Å²) in [6.07, 6.45) is 4.99. The largest absolute Gasteiger partial charge is 0.364 e. The van der Waals surface area contributed by atoms with Crippen molar-refractivity contribution in [3.05, 3.63) is 24.0 Å². The van der Waals surface area contributed by atoms with Crippen LogP contribution in [0.4, 0.5) is 0 Å². The molecule has 2 aromatic heterocycles. The van der Waals surface area contributed by atoms with Crippen LogP contribution in [0.5, 0.6) is 0 Å². The lowest BCUT2D eigenvalue weighted by atomic mass is 10.4. The summed E-state index contributed by atoms with van der Waals surface area (Å²) >= 11 is 1.57. The Balaban J connectivity index is 2.48. The molecule has 0 aromatic carbocycles. The molecule has 0 aliphatic rings. The molecular weight excluding hydrogens is 148 g/mol. The zero-order chi connectivity index (χ0) is 6.81. The van der Waals surface area contributed by atoms with E-state index in [2.05, 4.69) is 14.7 Å². The van der Waals surface area contributed by atoms with Gasteiger partial charge in [-0.2, -0.15) is 0 Å². The van der Waals surface area contributed by atoms with E-state index in [1.54, 1.807) is 30.0 Å². The van der Waals surface area contributed by atoms with Crippen molar-refractivity contribution in [3.63, 3.8) is 0 Å². The van der Waals surface area contributed by atoms with Crippen LogP contribution in [0.15, 0.2) is 28.6 Å². The summed E-state index contributed by atoms with van der Waals surface area (Å²) in [5.41, 5.74) is 0.940. The van der Waals surface area contributed by atoms with Gasteiger partial charge >= 0.3 is 0 Å². The van der Waals surface area contributed by atoms with Crippen molar-refractivity contribution in [1.82, 2.24) is 10.1 Å². The molecule has 0 bridgehead atoms. The monoisotopic (exact) mass is 152 g/mol. The van der Waals surface area contributed by atoms with Gasteiger partial charge in [0.05, 0.1) is 11.8 Å². The molecule has 0 atom stereocenters. The molecule has 2 rings (SSSR count). The summed E-state index contributed by atoms with van der Waals surface area (Å²) in [4.78, 5) is 4.08. The molecule has 0 saturated carbocycles. The highest BCUT2D eigenvalue weighted by molar-refractivity contribution is 7.13. The smallest absolute Gasteiger partial charge is 0.134 e. The van der Waals surface area contributed by atoms with Crippen molar-refractivity contribution in [2.24, 2.45) is 0 Å². The number of hydrogen-bond acceptors (Lipinski definition) is 4. The topological polar surface area (TPSA) is 38.9 Å². The van der Waals surface area contributed by atoms with Crippen LogP contribution in [0.3, 0.4) is 0 Å². The first-order valence-corrected chi connectivity index (χ1v) is 3.64. The predicted octanol–water partition coefficient (Wildman–Crippen LogP) is 1.80. The average molecular weight is 152 g/mol. The highest BCUT2D eigenvalue weighted by Crippen LogP contribution is 2.19. The zero-order valence-electron chi connectivity index (χ0n) is 5.02. The molecule has 0 aliphatic heterocycles. The van der Waals surface area contributed by atoms with Crippen LogP contribution >= 0.6 is 11.3 Å². The normalized spacial score (nSPS) is 10.0. The first-order valence-electron chi connectivity index (χ1n) is 2.76. The third-order valence-corrected chi connectivity index (χ3v) is 1.93. The van der Waals surface area contributed by atoms with Crippen LogP contribution in [0.2, 0.25) is 0 Å². The van der Waals surface area contributed by atoms with E-state index in [0.717, 1.165) is 10.6 Å². The lowest BCUT2D eigenvalue weighted by Crippen LogP contribution is -1.66. The third-order valence-electron chi connectivity index (χ3n) is 1.11. The molecule has 0 aliphatic carbocycles. The highest BCUT2D eigenvalue weighted by Gasteiger charge is 2.00. The van der Waals surface area contributed by atoms with E-state index < -0.39 is 0 Å². The second kappa shape index (κ2) is 2.22. The van der Waals surface area contributed by atoms with Gasteiger partial charge in [0.1, 0.15) is 11.3 Å². The predicted molar refractivity (Wildman–Crippen MR) is 37.6 cm³/mol. The molecule has 2 heterocycles. The minimum Gasteiger partial charge on any atom is -0.364 e. The summed E-state index contributed by atoms with van der Waals surface area (Å²) in [6, 6.07) is 0. The molecule has 3 nitrogen and oxygen atoms in total. The Hall–Kier alpha value is -1.16. The van der Waals surface area contributed by atoms with Gasteiger partial charge in [0.25, 0.3) is 0 Å². The fourth-order valence-corrected chi connectivity index (χ4v) is 1.29. The van der Waals surface area contributed by atoms with Gasteiger partial charge in [0.15, 0.2) is 0 Å². The third kappa shape index (κ3) is 0.823. The maximum Gasteiger partial charge on any atom is 0.134 e. The van der Waals surface area contributed by atoms with E-state index in [0.29, 0.717) is 0 Å². The van der Waals surface area contributed by atoms with Crippen LogP contribution < -0.4 is 0 Å². The van der Waals surface area contributed by atoms with Gasteiger partial charge in [-0.05, 0) is 0 Å². The maximum atomic E-state index is 4.65. The van der Waals surface area contributed by atoms with E-state index in [4.69, 9.17) is 0 Å². The summed E-state index contributed by atoms with van der Waals surface area (Å²) in [6.45, 7) is 0. The molecule has 50 valence electrons. The molecule has 10 heavy (non-hydrogen) atoms. The molecule has 2 aromatic rings. The van der Waals surface area contributed by atoms with Crippen molar-refractivity contribution < 1.29 is 4.52 Å². The molecule has 0 unspecified atom stereocenters. The maximum absolute atomic E-state index is 4.65. The Morgan fingerprint density at radius 1 is 1.50 bits per heavy atom. The van der Waals surface area contributed by atoms with Crippen molar-refractivity contribution in [2.45, 2.75) is 0 Å². The fourth-order valence-electron chi connectivity index (χ4n) is 0.676. The Kier molecular flexibility index (Phi) is 1.25. The zero-order valence-corrected chi connectivity index (χ0v) is 5.84. The van der Waals surface area contributed by atoms with Crippen LogP contribution in [0.1, 0.15) is 0 Å². The Labute approximate surface area is 61.3 Å². The lowest BCUT2D eigenvalue weighted by molar-refractivity contribution is 0.420. The minimum absolute atomic E-state index is 0.940. The Morgan fingerprint density at radius 2 is 2.50 bits per heavy atom. The first kappa shape index (κ1) is 5.61. The van der Waals surface area contributed by atoms with Crippen LogP contribution in [0.25, 0.3) is 10.6 Å². The van der Waals surface area contributed by atoms with Gasteiger partial charge in [0.2, 0.25) is 0 Å². The van der Waals surface area contributed by atoms with E-state index in [1.807, 2.05) is 5.38 Å². The SMILES string of the molecule is c1csc(-c2cnoc2)n1.